The normalized spacial score (nSPS) is 20.5. The first-order chi connectivity index (χ1) is 11.7. The van der Waals surface area contributed by atoms with Gasteiger partial charge in [0, 0.05) is 18.0 Å². The van der Waals surface area contributed by atoms with E-state index in [1.807, 2.05) is 6.92 Å². The molecule has 0 bridgehead atoms. The average Bonchev–Trinajstić information content (AvgIpc) is 2.94. The highest BCUT2D eigenvalue weighted by Crippen LogP contribution is 2.41. The Morgan fingerprint density at radius 1 is 1.16 bits per heavy atom. The summed E-state index contributed by atoms with van der Waals surface area (Å²) in [4.78, 5) is 16.2. The minimum atomic E-state index is -5.06. The second-order valence-electron chi connectivity index (χ2n) is 5.76. The predicted octanol–water partition coefficient (Wildman–Crippen LogP) is 2.89. The van der Waals surface area contributed by atoms with Crippen molar-refractivity contribution in [2.45, 2.75) is 25.2 Å². The fourth-order valence-corrected chi connectivity index (χ4v) is 2.50. The van der Waals surface area contributed by atoms with Gasteiger partial charge in [0.05, 0.1) is 12.1 Å². The van der Waals surface area contributed by atoms with Crippen LogP contribution in [0.25, 0.3) is 0 Å². The Labute approximate surface area is 141 Å². The zero-order valence-electron chi connectivity index (χ0n) is 13.2. The molecule has 1 amide bonds. The van der Waals surface area contributed by atoms with Crippen molar-refractivity contribution in [3.05, 3.63) is 65.5 Å². The SMILES string of the molecule is Cc1ccc(C2=NN(C(=O)c3ccncc3)[C@@](O)(C(F)(F)F)C2)cc1. The molecule has 25 heavy (non-hydrogen) atoms. The summed E-state index contributed by atoms with van der Waals surface area (Å²) in [7, 11) is 0. The van der Waals surface area contributed by atoms with Gasteiger partial charge in [0.25, 0.3) is 11.6 Å². The Bertz CT molecular complexity index is 819. The third-order valence-corrected chi connectivity index (χ3v) is 3.94. The molecular formula is C17H14F3N3O2. The number of alkyl halides is 3. The first-order valence-electron chi connectivity index (χ1n) is 7.40. The third kappa shape index (κ3) is 3.00. The number of amides is 1. The first-order valence-corrected chi connectivity index (χ1v) is 7.40. The highest BCUT2D eigenvalue weighted by atomic mass is 19.4. The Balaban J connectivity index is 2.04. The number of nitrogens with zero attached hydrogens (tertiary/aromatic N) is 3. The lowest BCUT2D eigenvalue weighted by atomic mass is 10.00. The van der Waals surface area contributed by atoms with Crippen molar-refractivity contribution in [3.8, 4) is 0 Å². The van der Waals surface area contributed by atoms with Gasteiger partial charge in [0.15, 0.2) is 0 Å². The van der Waals surface area contributed by atoms with Crippen molar-refractivity contribution in [2.24, 2.45) is 5.10 Å². The summed E-state index contributed by atoms with van der Waals surface area (Å²) in [6.45, 7) is 1.84. The molecule has 1 atom stereocenters. The van der Waals surface area contributed by atoms with Crippen LogP contribution in [0.15, 0.2) is 53.9 Å². The van der Waals surface area contributed by atoms with Crippen LogP contribution in [0.5, 0.6) is 0 Å². The van der Waals surface area contributed by atoms with Crippen LogP contribution in [0.2, 0.25) is 0 Å². The fourth-order valence-electron chi connectivity index (χ4n) is 2.50. The van der Waals surface area contributed by atoms with E-state index < -0.39 is 24.2 Å². The van der Waals surface area contributed by atoms with Crippen LogP contribution in [0.3, 0.4) is 0 Å². The van der Waals surface area contributed by atoms with E-state index >= 15 is 0 Å². The summed E-state index contributed by atoms with van der Waals surface area (Å²) in [5.74, 6) is -1.05. The van der Waals surface area contributed by atoms with Crippen LogP contribution in [-0.4, -0.2) is 38.6 Å². The van der Waals surface area contributed by atoms with Gasteiger partial charge in [-0.2, -0.15) is 23.3 Å². The number of benzene rings is 1. The fraction of sp³-hybridized carbons (Fsp3) is 0.235. The molecule has 1 aromatic carbocycles. The minimum Gasteiger partial charge on any atom is -0.362 e. The molecule has 1 N–H and O–H groups in total. The van der Waals surface area contributed by atoms with Crippen LogP contribution in [0.1, 0.15) is 27.9 Å². The standard InChI is InChI=1S/C17H14F3N3O2/c1-11-2-4-12(5-3-11)14-10-16(25,17(18,19)20)23(22-14)15(24)13-6-8-21-9-7-13/h2-9,25H,10H2,1H3/t16-/m0/s1. The molecule has 0 saturated carbocycles. The maximum Gasteiger partial charge on any atom is 0.438 e. The summed E-state index contributed by atoms with van der Waals surface area (Å²) in [6.07, 6.45) is -3.34. The molecule has 8 heteroatoms. The number of hydrazone groups is 1. The largest absolute Gasteiger partial charge is 0.438 e. The number of hydrogen-bond acceptors (Lipinski definition) is 4. The average molecular weight is 349 g/mol. The summed E-state index contributed by atoms with van der Waals surface area (Å²) < 4.78 is 40.5. The van der Waals surface area contributed by atoms with E-state index in [9.17, 15) is 23.1 Å². The molecule has 0 saturated heterocycles. The number of rotatable bonds is 2. The Morgan fingerprint density at radius 3 is 2.32 bits per heavy atom. The van der Waals surface area contributed by atoms with Gasteiger partial charge < -0.3 is 5.11 Å². The molecule has 5 nitrogen and oxygen atoms in total. The molecule has 1 aliphatic rings. The van der Waals surface area contributed by atoms with Gasteiger partial charge in [-0.15, -0.1) is 0 Å². The second-order valence-corrected chi connectivity index (χ2v) is 5.76. The van der Waals surface area contributed by atoms with Crippen LogP contribution >= 0.6 is 0 Å². The number of hydrogen-bond donors (Lipinski definition) is 1. The van der Waals surface area contributed by atoms with Crippen LogP contribution in [0, 0.1) is 6.92 Å². The van der Waals surface area contributed by atoms with Crippen molar-refractivity contribution in [3.63, 3.8) is 0 Å². The second kappa shape index (κ2) is 5.96. The van der Waals surface area contributed by atoms with Crippen LogP contribution < -0.4 is 0 Å². The molecular weight excluding hydrogens is 335 g/mol. The van der Waals surface area contributed by atoms with Gasteiger partial charge in [0.2, 0.25) is 0 Å². The van der Waals surface area contributed by atoms with Gasteiger partial charge in [-0.25, -0.2) is 0 Å². The van der Waals surface area contributed by atoms with E-state index in [-0.39, 0.29) is 16.3 Å². The maximum absolute atomic E-state index is 13.5. The number of carbonyl (C=O) groups is 1. The number of aryl methyl sites for hydroxylation is 1. The lowest BCUT2D eigenvalue weighted by Crippen LogP contribution is -2.56. The quantitative estimate of drug-likeness (QED) is 0.907. The van der Waals surface area contributed by atoms with Gasteiger partial charge in [-0.3, -0.25) is 9.78 Å². The third-order valence-electron chi connectivity index (χ3n) is 3.94. The van der Waals surface area contributed by atoms with Gasteiger partial charge in [-0.1, -0.05) is 29.8 Å². The highest BCUT2D eigenvalue weighted by molar-refractivity contribution is 6.05. The summed E-state index contributed by atoms with van der Waals surface area (Å²) in [5.41, 5.74) is -2.11. The predicted molar refractivity (Wildman–Crippen MR) is 83.7 cm³/mol. The molecule has 2 heterocycles. The number of aliphatic hydroxyl groups is 1. The lowest BCUT2D eigenvalue weighted by molar-refractivity contribution is -0.297. The Morgan fingerprint density at radius 2 is 1.76 bits per heavy atom. The molecule has 3 rings (SSSR count). The number of pyridine rings is 1. The molecule has 0 unspecified atom stereocenters. The van der Waals surface area contributed by atoms with E-state index in [1.165, 1.54) is 24.5 Å². The van der Waals surface area contributed by atoms with Crippen molar-refractivity contribution in [1.82, 2.24) is 9.99 Å². The van der Waals surface area contributed by atoms with E-state index in [1.54, 1.807) is 24.3 Å². The molecule has 0 radical (unpaired) electrons. The van der Waals surface area contributed by atoms with Crippen molar-refractivity contribution < 1.29 is 23.1 Å². The van der Waals surface area contributed by atoms with Crippen molar-refractivity contribution >= 4 is 11.6 Å². The zero-order chi connectivity index (χ0) is 18.2. The molecule has 0 spiro atoms. The monoisotopic (exact) mass is 349 g/mol. The molecule has 1 aliphatic heterocycles. The van der Waals surface area contributed by atoms with Crippen molar-refractivity contribution in [2.75, 3.05) is 0 Å². The van der Waals surface area contributed by atoms with Crippen LogP contribution in [-0.2, 0) is 0 Å². The lowest BCUT2D eigenvalue weighted by Gasteiger charge is -2.32. The summed E-state index contributed by atoms with van der Waals surface area (Å²) >= 11 is 0. The molecule has 130 valence electrons. The Kier molecular flexibility index (Phi) is 4.08. The molecule has 0 fully saturated rings. The summed E-state index contributed by atoms with van der Waals surface area (Å²) in [6, 6.07) is 9.17. The first kappa shape index (κ1) is 17.1. The molecule has 0 aliphatic carbocycles. The van der Waals surface area contributed by atoms with Crippen molar-refractivity contribution in [1.29, 1.82) is 0 Å². The molecule has 2 aromatic rings. The van der Waals surface area contributed by atoms with Gasteiger partial charge >= 0.3 is 6.18 Å². The summed E-state index contributed by atoms with van der Waals surface area (Å²) in [5, 5.41) is 14.2. The van der Waals surface area contributed by atoms with Gasteiger partial charge in [-0.05, 0) is 24.6 Å². The number of carbonyl (C=O) groups excluding carboxylic acids is 1. The minimum absolute atomic E-state index is 0.0118. The van der Waals surface area contributed by atoms with E-state index in [2.05, 4.69) is 10.1 Å². The Hall–Kier alpha value is -2.74. The number of halogens is 3. The zero-order valence-corrected chi connectivity index (χ0v) is 13.2. The topological polar surface area (TPSA) is 65.8 Å². The van der Waals surface area contributed by atoms with Gasteiger partial charge in [0.1, 0.15) is 0 Å². The molecule has 1 aromatic heterocycles. The smallest absolute Gasteiger partial charge is 0.362 e. The van der Waals surface area contributed by atoms with E-state index in [0.717, 1.165) is 5.56 Å². The van der Waals surface area contributed by atoms with Crippen LogP contribution in [0.4, 0.5) is 13.2 Å². The van der Waals surface area contributed by atoms with E-state index in [4.69, 9.17) is 0 Å². The highest BCUT2D eigenvalue weighted by Gasteiger charge is 2.63. The number of aromatic nitrogens is 1. The maximum atomic E-state index is 13.5. The van der Waals surface area contributed by atoms with E-state index in [0.29, 0.717) is 5.56 Å².